The van der Waals surface area contributed by atoms with Crippen molar-refractivity contribution in [3.8, 4) is 0 Å². The van der Waals surface area contributed by atoms with Crippen LogP contribution in [0.5, 0.6) is 0 Å². The lowest BCUT2D eigenvalue weighted by Crippen LogP contribution is -2.33. The van der Waals surface area contributed by atoms with E-state index in [2.05, 4.69) is 10.0 Å². The molecule has 128 valence electrons. The van der Waals surface area contributed by atoms with Crippen molar-refractivity contribution in [1.82, 2.24) is 10.0 Å². The summed E-state index contributed by atoms with van der Waals surface area (Å²) >= 11 is 7.22. The number of nitrogens with one attached hydrogen (secondary N) is 2. The number of rotatable bonds is 5. The van der Waals surface area contributed by atoms with Gasteiger partial charge in [0.25, 0.3) is 0 Å². The summed E-state index contributed by atoms with van der Waals surface area (Å²) < 4.78 is 28.8. The molecule has 0 aliphatic carbocycles. The number of hydrogen-bond acceptors (Lipinski definition) is 4. The number of hydrogen-bond donors (Lipinski definition) is 2. The van der Waals surface area contributed by atoms with Crippen molar-refractivity contribution >= 4 is 55.5 Å². The summed E-state index contributed by atoms with van der Waals surface area (Å²) in [5, 5.41) is 4.84. The normalized spacial score (nSPS) is 18.7. The van der Waals surface area contributed by atoms with E-state index in [-0.39, 0.29) is 12.4 Å². The van der Waals surface area contributed by atoms with Gasteiger partial charge in [-0.05, 0) is 67.9 Å². The fourth-order valence-corrected chi connectivity index (χ4v) is 5.41. The third kappa shape index (κ3) is 4.81. The summed E-state index contributed by atoms with van der Waals surface area (Å²) in [6.45, 7) is 2.55. The maximum absolute atomic E-state index is 12.4. The highest BCUT2D eigenvalue weighted by Crippen LogP contribution is 2.30. The second kappa shape index (κ2) is 8.14. The molecule has 2 aromatic rings. The summed E-state index contributed by atoms with van der Waals surface area (Å²) in [5.74, 6) is 0.567. The molecule has 1 atom stereocenters. The van der Waals surface area contributed by atoms with Crippen molar-refractivity contribution in [2.45, 2.75) is 23.5 Å². The molecule has 0 amide bonds. The number of fused-ring (bicyclic) bond motifs is 1. The van der Waals surface area contributed by atoms with Crippen LogP contribution in [0.15, 0.2) is 28.5 Å². The molecule has 2 heterocycles. The smallest absolute Gasteiger partial charge is 0.250 e. The quantitative estimate of drug-likeness (QED) is 0.813. The van der Waals surface area contributed by atoms with E-state index < -0.39 is 10.0 Å². The third-order valence-corrected chi connectivity index (χ3v) is 7.25. The Labute approximate surface area is 152 Å². The molecule has 2 N–H and O–H groups in total. The predicted molar refractivity (Wildman–Crippen MR) is 99.5 cm³/mol. The first-order valence-corrected chi connectivity index (χ1v) is 10.1. The van der Waals surface area contributed by atoms with Crippen LogP contribution >= 0.6 is 35.3 Å². The maximum atomic E-state index is 12.4. The van der Waals surface area contributed by atoms with Crippen molar-refractivity contribution in [2.24, 2.45) is 5.92 Å². The van der Waals surface area contributed by atoms with E-state index in [1.54, 1.807) is 18.2 Å². The second-order valence-electron chi connectivity index (χ2n) is 5.65. The lowest BCUT2D eigenvalue weighted by atomic mass is 9.96. The summed E-state index contributed by atoms with van der Waals surface area (Å²) in [5.41, 5.74) is 0. The van der Waals surface area contributed by atoms with Gasteiger partial charge in [-0.1, -0.05) is 11.6 Å². The molecular weight excluding hydrogens is 375 g/mol. The van der Waals surface area contributed by atoms with Gasteiger partial charge in [0, 0.05) is 16.3 Å². The number of benzene rings is 1. The number of thiophene rings is 1. The molecule has 1 unspecified atom stereocenters. The van der Waals surface area contributed by atoms with Gasteiger partial charge in [-0.3, -0.25) is 0 Å². The van der Waals surface area contributed by atoms with Crippen molar-refractivity contribution in [1.29, 1.82) is 0 Å². The zero-order chi connectivity index (χ0) is 15.6. The minimum absolute atomic E-state index is 0. The highest BCUT2D eigenvalue weighted by molar-refractivity contribution is 7.91. The molecular formula is C15H20Cl2N2O2S2. The van der Waals surface area contributed by atoms with Crippen molar-refractivity contribution < 1.29 is 8.42 Å². The molecule has 1 aliphatic rings. The van der Waals surface area contributed by atoms with Crippen LogP contribution in [0.3, 0.4) is 0 Å². The summed E-state index contributed by atoms with van der Waals surface area (Å²) in [4.78, 5) is 0. The summed E-state index contributed by atoms with van der Waals surface area (Å²) in [7, 11) is -3.43. The molecule has 23 heavy (non-hydrogen) atoms. The largest absolute Gasteiger partial charge is 0.316 e. The highest BCUT2D eigenvalue weighted by Gasteiger charge is 2.19. The Balaban J connectivity index is 0.00000192. The van der Waals surface area contributed by atoms with E-state index in [0.717, 1.165) is 29.6 Å². The standard InChI is InChI=1S/C15H19ClN2O2S2.ClH/c16-13-3-4-14-12(8-13)9-15(21-14)22(19,20)18-7-5-11-2-1-6-17-10-11;/h3-4,8-9,11,17-18H,1-2,5-7,10H2;1H. The van der Waals surface area contributed by atoms with Gasteiger partial charge < -0.3 is 5.32 Å². The molecule has 3 rings (SSSR count). The lowest BCUT2D eigenvalue weighted by molar-refractivity contribution is 0.358. The number of halogens is 2. The Kier molecular flexibility index (Phi) is 6.71. The van der Waals surface area contributed by atoms with Crippen LogP contribution in [0.2, 0.25) is 5.02 Å². The zero-order valence-corrected chi connectivity index (χ0v) is 15.8. The molecule has 1 aromatic heterocycles. The van der Waals surface area contributed by atoms with Crippen LogP contribution in [0, 0.1) is 5.92 Å². The molecule has 1 aromatic carbocycles. The van der Waals surface area contributed by atoms with Gasteiger partial charge in [0.05, 0.1) is 0 Å². The van der Waals surface area contributed by atoms with E-state index in [1.165, 1.54) is 24.2 Å². The van der Waals surface area contributed by atoms with Crippen LogP contribution in [0.1, 0.15) is 19.3 Å². The molecule has 1 saturated heterocycles. The fraction of sp³-hybridized carbons (Fsp3) is 0.467. The Bertz CT molecular complexity index is 756. The molecule has 0 spiro atoms. The topological polar surface area (TPSA) is 58.2 Å². The summed E-state index contributed by atoms with van der Waals surface area (Å²) in [6.07, 6.45) is 3.23. The van der Waals surface area contributed by atoms with Crippen molar-refractivity contribution in [2.75, 3.05) is 19.6 Å². The van der Waals surface area contributed by atoms with Crippen LogP contribution in [-0.2, 0) is 10.0 Å². The van der Waals surface area contributed by atoms with Gasteiger partial charge in [-0.25, -0.2) is 13.1 Å². The van der Waals surface area contributed by atoms with E-state index in [1.807, 2.05) is 6.07 Å². The van der Waals surface area contributed by atoms with Gasteiger partial charge in [-0.15, -0.1) is 23.7 Å². The van der Waals surface area contributed by atoms with Gasteiger partial charge in [-0.2, -0.15) is 0 Å². The monoisotopic (exact) mass is 394 g/mol. The molecule has 1 fully saturated rings. The Morgan fingerprint density at radius 1 is 1.35 bits per heavy atom. The average molecular weight is 395 g/mol. The SMILES string of the molecule is Cl.O=S(=O)(NCCC1CCCNC1)c1cc2cc(Cl)ccc2s1. The predicted octanol–water partition coefficient (Wildman–Crippen LogP) is 3.64. The first-order valence-electron chi connectivity index (χ1n) is 7.44. The molecule has 1 aliphatic heterocycles. The highest BCUT2D eigenvalue weighted by atomic mass is 35.5. The molecule has 4 nitrogen and oxygen atoms in total. The van der Waals surface area contributed by atoms with E-state index in [0.29, 0.717) is 21.7 Å². The van der Waals surface area contributed by atoms with Gasteiger partial charge in [0.2, 0.25) is 10.0 Å². The van der Waals surface area contributed by atoms with Crippen LogP contribution in [0.4, 0.5) is 0 Å². The molecule has 0 bridgehead atoms. The number of piperidine rings is 1. The van der Waals surface area contributed by atoms with Gasteiger partial charge >= 0.3 is 0 Å². The Morgan fingerprint density at radius 3 is 2.91 bits per heavy atom. The zero-order valence-electron chi connectivity index (χ0n) is 12.5. The molecule has 8 heteroatoms. The third-order valence-electron chi connectivity index (χ3n) is 3.96. The van der Waals surface area contributed by atoms with Crippen LogP contribution in [-0.4, -0.2) is 28.1 Å². The molecule has 0 saturated carbocycles. The Hall–Kier alpha value is -0.370. The lowest BCUT2D eigenvalue weighted by Gasteiger charge is -2.22. The maximum Gasteiger partial charge on any atom is 0.250 e. The van der Waals surface area contributed by atoms with Crippen LogP contribution in [0.25, 0.3) is 10.1 Å². The fourth-order valence-electron chi connectivity index (χ4n) is 2.76. The molecule has 0 radical (unpaired) electrons. The summed E-state index contributed by atoms with van der Waals surface area (Å²) in [6, 6.07) is 7.12. The average Bonchev–Trinajstić information content (AvgIpc) is 2.92. The van der Waals surface area contributed by atoms with Gasteiger partial charge in [0.15, 0.2) is 0 Å². The first kappa shape index (κ1) is 19.0. The van der Waals surface area contributed by atoms with Crippen molar-refractivity contribution in [3.63, 3.8) is 0 Å². The van der Waals surface area contributed by atoms with E-state index in [9.17, 15) is 8.42 Å². The van der Waals surface area contributed by atoms with Gasteiger partial charge in [0.1, 0.15) is 4.21 Å². The van der Waals surface area contributed by atoms with E-state index >= 15 is 0 Å². The van der Waals surface area contributed by atoms with E-state index in [4.69, 9.17) is 11.6 Å². The minimum atomic E-state index is -3.43. The van der Waals surface area contributed by atoms with Crippen molar-refractivity contribution in [3.05, 3.63) is 29.3 Å². The first-order chi connectivity index (χ1) is 10.5. The second-order valence-corrected chi connectivity index (χ2v) is 9.16. The minimum Gasteiger partial charge on any atom is -0.316 e. The Morgan fingerprint density at radius 2 is 2.17 bits per heavy atom. The number of sulfonamides is 1. The van der Waals surface area contributed by atoms with Crippen LogP contribution < -0.4 is 10.0 Å².